The molecule has 2 aliphatic heterocycles. The van der Waals surface area contributed by atoms with Crippen LogP contribution in [0.25, 0.3) is 0 Å². The predicted octanol–water partition coefficient (Wildman–Crippen LogP) is 4.42. The summed E-state index contributed by atoms with van der Waals surface area (Å²) in [5.41, 5.74) is 2.74. The Morgan fingerprint density at radius 2 is 1.48 bits per heavy atom. The summed E-state index contributed by atoms with van der Waals surface area (Å²) < 4.78 is 45.5. The number of carbonyl (C=O) groups excluding carboxylic acids is 2. The molecule has 16 heteroatoms. The van der Waals surface area contributed by atoms with Crippen LogP contribution in [0.2, 0.25) is 0 Å². The minimum atomic E-state index is -3.02. The topological polar surface area (TPSA) is 168 Å². The van der Waals surface area contributed by atoms with Crippen molar-refractivity contribution in [2.24, 2.45) is 0 Å². The van der Waals surface area contributed by atoms with Crippen LogP contribution in [0.1, 0.15) is 74.1 Å². The molecule has 0 spiro atoms. The standard InChI is InChI=1S/C44H50F2N6O8/c1-58-39-17-13-26(20-47-39)21-50-24-37(59-35-12-5-3-10-32(35)50)43(57)49-31-9-6-7-29(41(31)55)28-15-16-33-36(19-28)60-38(42(56)48-30-8-2-4-11-34(30)53)25-51(33)22-27-14-18-40(54)52(23-27)44(45)46/h3,5,10,12-20,23,29-31,34,37-38,41,44,53,55H,2,4,6-9,11,21-22,24-25H2,1H3,(H,48,56)(H,49,57). The van der Waals surface area contributed by atoms with Crippen molar-refractivity contribution in [3.05, 3.63) is 106 Å². The lowest BCUT2D eigenvalue weighted by molar-refractivity contribution is -0.130. The van der Waals surface area contributed by atoms with Gasteiger partial charge in [0.1, 0.15) is 11.5 Å². The van der Waals surface area contributed by atoms with E-state index in [2.05, 4.69) is 20.5 Å². The number of carbonyl (C=O) groups is 2. The summed E-state index contributed by atoms with van der Waals surface area (Å²) >= 11 is 0. The summed E-state index contributed by atoms with van der Waals surface area (Å²) in [6.07, 6.45) is 4.24. The molecular weight excluding hydrogens is 779 g/mol. The van der Waals surface area contributed by atoms with Crippen LogP contribution in [-0.4, -0.2) is 88.3 Å². The number of aliphatic hydroxyl groups is 2. The zero-order valence-corrected chi connectivity index (χ0v) is 33.3. The lowest BCUT2D eigenvalue weighted by Gasteiger charge is -2.40. The number of nitrogens with zero attached hydrogens (tertiary/aromatic N) is 4. The zero-order chi connectivity index (χ0) is 41.9. The number of pyridine rings is 2. The quantitative estimate of drug-likeness (QED) is 0.169. The number of methoxy groups -OCH3 is 1. The Morgan fingerprint density at radius 1 is 0.817 bits per heavy atom. The number of amides is 2. The van der Waals surface area contributed by atoms with Crippen LogP contribution < -0.4 is 40.2 Å². The monoisotopic (exact) mass is 828 g/mol. The highest BCUT2D eigenvalue weighted by Gasteiger charge is 2.39. The molecule has 2 aliphatic carbocycles. The summed E-state index contributed by atoms with van der Waals surface area (Å²) in [5, 5.41) is 28.5. The van der Waals surface area contributed by atoms with Crippen molar-refractivity contribution in [3.63, 3.8) is 0 Å². The van der Waals surface area contributed by atoms with Gasteiger partial charge in [0.05, 0.1) is 55.9 Å². The van der Waals surface area contributed by atoms with Crippen LogP contribution in [0.15, 0.2) is 83.9 Å². The van der Waals surface area contributed by atoms with E-state index in [1.165, 1.54) is 6.07 Å². The molecule has 0 bridgehead atoms. The number of halogens is 2. The van der Waals surface area contributed by atoms with Gasteiger partial charge in [0, 0.05) is 43.5 Å². The maximum atomic E-state index is 13.9. The van der Waals surface area contributed by atoms with Crippen molar-refractivity contribution in [3.8, 4) is 17.4 Å². The molecule has 4 aromatic rings. The number of anilines is 2. The summed E-state index contributed by atoms with van der Waals surface area (Å²) in [4.78, 5) is 48.0. The van der Waals surface area contributed by atoms with E-state index < -0.39 is 54.5 Å². The second kappa shape index (κ2) is 17.9. The third-order valence-electron chi connectivity index (χ3n) is 12.1. The van der Waals surface area contributed by atoms with Crippen LogP contribution in [0.4, 0.5) is 20.2 Å². The maximum absolute atomic E-state index is 13.9. The summed E-state index contributed by atoms with van der Waals surface area (Å²) in [6.45, 7) is -2.08. The average molecular weight is 829 g/mol. The number of rotatable bonds is 11. The number of para-hydroxylation sites is 2. The first-order valence-electron chi connectivity index (χ1n) is 20.6. The van der Waals surface area contributed by atoms with Gasteiger partial charge in [-0.2, -0.15) is 8.78 Å². The Morgan fingerprint density at radius 3 is 2.20 bits per heavy atom. The van der Waals surface area contributed by atoms with Crippen LogP contribution >= 0.6 is 0 Å². The van der Waals surface area contributed by atoms with E-state index in [0.717, 1.165) is 48.3 Å². The number of alkyl halides is 2. The zero-order valence-electron chi connectivity index (χ0n) is 33.3. The Kier molecular flexibility index (Phi) is 12.2. The fourth-order valence-corrected chi connectivity index (χ4v) is 8.88. The predicted molar refractivity (Wildman–Crippen MR) is 217 cm³/mol. The molecule has 60 heavy (non-hydrogen) atoms. The average Bonchev–Trinajstić information content (AvgIpc) is 3.25. The minimum Gasteiger partial charge on any atom is -0.481 e. The van der Waals surface area contributed by atoms with Crippen LogP contribution in [0, 0.1) is 0 Å². The maximum Gasteiger partial charge on any atom is 0.321 e. The van der Waals surface area contributed by atoms with Gasteiger partial charge in [0.2, 0.25) is 5.88 Å². The van der Waals surface area contributed by atoms with Crippen molar-refractivity contribution >= 4 is 23.2 Å². The highest BCUT2D eigenvalue weighted by molar-refractivity contribution is 5.84. The smallest absolute Gasteiger partial charge is 0.321 e. The normalized spacial score (nSPS) is 25.0. The molecule has 4 N–H and O–H groups in total. The Balaban J connectivity index is 0.995. The molecule has 7 unspecified atom stereocenters. The van der Waals surface area contributed by atoms with Crippen molar-refractivity contribution < 1.29 is 42.8 Å². The number of ether oxygens (including phenoxy) is 3. The fourth-order valence-electron chi connectivity index (χ4n) is 8.88. The first-order chi connectivity index (χ1) is 29.0. The van der Waals surface area contributed by atoms with E-state index in [4.69, 9.17) is 14.2 Å². The number of hydrogen-bond donors (Lipinski definition) is 4. The molecule has 0 saturated heterocycles. The number of nitrogens with one attached hydrogen (secondary N) is 2. The summed E-state index contributed by atoms with van der Waals surface area (Å²) in [5.74, 6) is 0.308. The van der Waals surface area contributed by atoms with E-state index in [1.807, 2.05) is 47.4 Å². The fraction of sp³-hybridized carbons (Fsp3) is 0.455. The van der Waals surface area contributed by atoms with Gasteiger partial charge in [-0.3, -0.25) is 19.0 Å². The third-order valence-corrected chi connectivity index (χ3v) is 12.1. The molecule has 4 heterocycles. The highest BCUT2D eigenvalue weighted by Crippen LogP contribution is 2.41. The number of hydrogen-bond acceptors (Lipinski definition) is 11. The van der Waals surface area contributed by atoms with E-state index in [0.29, 0.717) is 65.4 Å². The van der Waals surface area contributed by atoms with E-state index in [-0.39, 0.29) is 31.5 Å². The molecule has 2 fully saturated rings. The molecular formula is C44H50F2N6O8. The first-order valence-corrected chi connectivity index (χ1v) is 20.6. The van der Waals surface area contributed by atoms with Gasteiger partial charge in [-0.1, -0.05) is 49.6 Å². The molecule has 7 atom stereocenters. The van der Waals surface area contributed by atoms with E-state index >= 15 is 0 Å². The molecule has 318 valence electrons. The largest absolute Gasteiger partial charge is 0.481 e. The van der Waals surface area contributed by atoms with E-state index in [1.54, 1.807) is 25.4 Å². The van der Waals surface area contributed by atoms with Gasteiger partial charge in [0.25, 0.3) is 17.4 Å². The molecule has 4 aliphatic rings. The molecule has 2 saturated carbocycles. The first kappa shape index (κ1) is 41.0. The van der Waals surface area contributed by atoms with Gasteiger partial charge in [0.15, 0.2) is 12.2 Å². The van der Waals surface area contributed by atoms with Gasteiger partial charge in [-0.25, -0.2) is 4.98 Å². The van der Waals surface area contributed by atoms with Crippen molar-refractivity contribution in [1.29, 1.82) is 0 Å². The third kappa shape index (κ3) is 8.89. The number of benzene rings is 2. The van der Waals surface area contributed by atoms with Crippen LogP contribution in [0.3, 0.4) is 0 Å². The molecule has 14 nitrogen and oxygen atoms in total. The molecule has 2 aromatic carbocycles. The molecule has 2 amide bonds. The van der Waals surface area contributed by atoms with Crippen LogP contribution in [0.5, 0.6) is 17.4 Å². The van der Waals surface area contributed by atoms with Gasteiger partial charge in [-0.15, -0.1) is 0 Å². The second-order valence-electron chi connectivity index (χ2n) is 16.0. The molecule has 0 radical (unpaired) electrons. The second-order valence-corrected chi connectivity index (χ2v) is 16.0. The molecule has 2 aromatic heterocycles. The number of fused-ring (bicyclic) bond motifs is 2. The Labute approximate surface area is 346 Å². The Hall–Kier alpha value is -5.74. The lowest BCUT2D eigenvalue weighted by Crippen LogP contribution is -2.55. The highest BCUT2D eigenvalue weighted by atomic mass is 19.3. The van der Waals surface area contributed by atoms with Crippen molar-refractivity contribution in [2.75, 3.05) is 30.0 Å². The van der Waals surface area contributed by atoms with Gasteiger partial charge < -0.3 is 44.9 Å². The van der Waals surface area contributed by atoms with Crippen molar-refractivity contribution in [1.82, 2.24) is 20.2 Å². The van der Waals surface area contributed by atoms with Gasteiger partial charge in [-0.05, 0) is 66.6 Å². The van der Waals surface area contributed by atoms with E-state index in [9.17, 15) is 33.4 Å². The minimum absolute atomic E-state index is 0.0804. The van der Waals surface area contributed by atoms with Crippen molar-refractivity contribution in [2.45, 2.75) is 107 Å². The summed E-state index contributed by atoms with van der Waals surface area (Å²) in [7, 11) is 1.56. The molecule has 8 rings (SSSR count). The van der Waals surface area contributed by atoms with Crippen LogP contribution in [-0.2, 0) is 22.7 Å². The number of aromatic nitrogens is 2. The van der Waals surface area contributed by atoms with Gasteiger partial charge >= 0.3 is 6.55 Å². The Bertz CT molecular complexity index is 2230. The summed E-state index contributed by atoms with van der Waals surface area (Å²) in [6, 6.07) is 18.3. The lowest BCUT2D eigenvalue weighted by atomic mass is 9.78. The SMILES string of the molecule is COc1ccc(CN2CC(C(=O)NC3CCCC(c4ccc5c(c4)OC(C(=O)NC4CCCCC4O)CN5Cc4ccc(=O)n(C(F)F)c4)C3O)Oc3ccccc32)cn1. The number of aliphatic hydroxyl groups excluding tert-OH is 2.